The van der Waals surface area contributed by atoms with Gasteiger partial charge in [-0.25, -0.2) is 8.78 Å². The molecular weight excluding hydrogens is 332 g/mol. The molecular formula is C22H15F2NO. The standard InChI is InChI=1S/C22H15F2NO/c1-13-2-3-15(14-4-6-16(23)7-5-14)10-19(13)20-12-25-21-11-17(24)8-9-18(21)22(20)26/h2-12H,1H3,(H,25,26). The number of H-pyrrole nitrogens is 1. The first-order chi connectivity index (χ1) is 12.5. The lowest BCUT2D eigenvalue weighted by atomic mass is 9.95. The fourth-order valence-corrected chi connectivity index (χ4v) is 3.13. The predicted octanol–water partition coefficient (Wildman–Crippen LogP) is 5.45. The van der Waals surface area contributed by atoms with Gasteiger partial charge < -0.3 is 4.98 Å². The van der Waals surface area contributed by atoms with E-state index in [1.165, 1.54) is 30.3 Å². The number of nitrogens with one attached hydrogen (secondary N) is 1. The Bertz CT molecular complexity index is 1180. The lowest BCUT2D eigenvalue weighted by molar-refractivity contribution is 0.628. The van der Waals surface area contributed by atoms with E-state index in [1.54, 1.807) is 18.3 Å². The van der Waals surface area contributed by atoms with Crippen molar-refractivity contribution < 1.29 is 8.78 Å². The zero-order chi connectivity index (χ0) is 18.3. The number of pyridine rings is 1. The fraction of sp³-hybridized carbons (Fsp3) is 0.0455. The molecule has 128 valence electrons. The van der Waals surface area contributed by atoms with Crippen molar-refractivity contribution in [3.63, 3.8) is 0 Å². The normalized spacial score (nSPS) is 11.0. The van der Waals surface area contributed by atoms with E-state index in [-0.39, 0.29) is 11.2 Å². The molecule has 1 N–H and O–H groups in total. The average Bonchev–Trinajstić information content (AvgIpc) is 2.63. The maximum Gasteiger partial charge on any atom is 0.197 e. The van der Waals surface area contributed by atoms with Crippen molar-refractivity contribution in [2.75, 3.05) is 0 Å². The van der Waals surface area contributed by atoms with Gasteiger partial charge in [-0.3, -0.25) is 4.79 Å². The van der Waals surface area contributed by atoms with Crippen LogP contribution in [0.5, 0.6) is 0 Å². The van der Waals surface area contributed by atoms with Gasteiger partial charge >= 0.3 is 0 Å². The minimum Gasteiger partial charge on any atom is -0.360 e. The number of fused-ring (bicyclic) bond motifs is 1. The van der Waals surface area contributed by atoms with Gasteiger partial charge in [0.05, 0.1) is 5.52 Å². The number of hydrogen-bond donors (Lipinski definition) is 1. The van der Waals surface area contributed by atoms with Crippen molar-refractivity contribution in [1.29, 1.82) is 0 Å². The predicted molar refractivity (Wildman–Crippen MR) is 100 cm³/mol. The highest BCUT2D eigenvalue weighted by Crippen LogP contribution is 2.28. The molecule has 0 fully saturated rings. The monoisotopic (exact) mass is 347 g/mol. The molecule has 0 saturated carbocycles. The molecule has 0 bridgehead atoms. The minimum atomic E-state index is -0.393. The first-order valence-corrected chi connectivity index (χ1v) is 8.21. The van der Waals surface area contributed by atoms with E-state index >= 15 is 0 Å². The lowest BCUT2D eigenvalue weighted by Crippen LogP contribution is -2.07. The first kappa shape index (κ1) is 16.2. The Labute approximate surface area is 148 Å². The third kappa shape index (κ3) is 2.80. The smallest absolute Gasteiger partial charge is 0.197 e. The molecule has 4 aromatic rings. The van der Waals surface area contributed by atoms with Crippen LogP contribution in [0.15, 0.2) is 71.7 Å². The quantitative estimate of drug-likeness (QED) is 0.514. The maximum atomic E-state index is 13.4. The van der Waals surface area contributed by atoms with Crippen LogP contribution in [0.1, 0.15) is 5.56 Å². The third-order valence-electron chi connectivity index (χ3n) is 4.55. The molecule has 0 saturated heterocycles. The van der Waals surface area contributed by atoms with Crippen LogP contribution < -0.4 is 5.43 Å². The number of hydrogen-bond acceptors (Lipinski definition) is 1. The Hall–Kier alpha value is -3.27. The SMILES string of the molecule is Cc1ccc(-c2ccc(F)cc2)cc1-c1c[nH]c2cc(F)ccc2c1=O. The van der Waals surface area contributed by atoms with Crippen molar-refractivity contribution in [2.24, 2.45) is 0 Å². The molecule has 3 aromatic carbocycles. The van der Waals surface area contributed by atoms with Gasteiger partial charge in [0.1, 0.15) is 11.6 Å². The summed E-state index contributed by atoms with van der Waals surface area (Å²) in [6, 6.07) is 16.1. The molecule has 0 amide bonds. The van der Waals surface area contributed by atoms with Crippen LogP contribution in [0.25, 0.3) is 33.2 Å². The maximum absolute atomic E-state index is 13.4. The molecule has 0 atom stereocenters. The molecule has 0 unspecified atom stereocenters. The number of aromatic nitrogens is 1. The topological polar surface area (TPSA) is 32.9 Å². The summed E-state index contributed by atoms with van der Waals surface area (Å²) < 4.78 is 26.5. The number of halogens is 2. The van der Waals surface area contributed by atoms with Crippen LogP contribution in [0.3, 0.4) is 0 Å². The Balaban J connectivity index is 1.90. The second kappa shape index (κ2) is 6.23. The second-order valence-electron chi connectivity index (χ2n) is 6.26. The summed E-state index contributed by atoms with van der Waals surface area (Å²) >= 11 is 0. The summed E-state index contributed by atoms with van der Waals surface area (Å²) in [6.07, 6.45) is 1.61. The third-order valence-corrected chi connectivity index (χ3v) is 4.55. The molecule has 0 aliphatic carbocycles. The first-order valence-electron chi connectivity index (χ1n) is 8.21. The van der Waals surface area contributed by atoms with E-state index in [1.807, 2.05) is 25.1 Å². The summed E-state index contributed by atoms with van der Waals surface area (Å²) in [6.45, 7) is 1.93. The summed E-state index contributed by atoms with van der Waals surface area (Å²) in [5, 5.41) is 0.440. The average molecular weight is 347 g/mol. The van der Waals surface area contributed by atoms with Crippen molar-refractivity contribution in [2.45, 2.75) is 6.92 Å². The number of rotatable bonds is 2. The van der Waals surface area contributed by atoms with E-state index in [2.05, 4.69) is 4.98 Å². The molecule has 0 spiro atoms. The van der Waals surface area contributed by atoms with Gasteiger partial charge in [0.15, 0.2) is 5.43 Å². The summed E-state index contributed by atoms with van der Waals surface area (Å²) in [5.74, 6) is -0.685. The minimum absolute atomic E-state index is 0.155. The van der Waals surface area contributed by atoms with Gasteiger partial charge in [-0.1, -0.05) is 24.3 Å². The molecule has 0 aliphatic heterocycles. The highest BCUT2D eigenvalue weighted by molar-refractivity contribution is 5.85. The van der Waals surface area contributed by atoms with Crippen LogP contribution in [0.4, 0.5) is 8.78 Å². The largest absolute Gasteiger partial charge is 0.360 e. The van der Waals surface area contributed by atoms with Gasteiger partial charge in [-0.05, 0) is 65.6 Å². The molecule has 0 aliphatic rings. The van der Waals surface area contributed by atoms with Crippen molar-refractivity contribution in [1.82, 2.24) is 4.98 Å². The van der Waals surface area contributed by atoms with Crippen molar-refractivity contribution >= 4 is 10.9 Å². The Morgan fingerprint density at radius 3 is 2.23 bits per heavy atom. The van der Waals surface area contributed by atoms with Crippen LogP contribution in [0, 0.1) is 18.6 Å². The van der Waals surface area contributed by atoms with E-state index in [0.717, 1.165) is 22.3 Å². The van der Waals surface area contributed by atoms with Gasteiger partial charge in [0, 0.05) is 17.1 Å². The molecule has 2 nitrogen and oxygen atoms in total. The molecule has 26 heavy (non-hydrogen) atoms. The number of aromatic amines is 1. The van der Waals surface area contributed by atoms with Crippen LogP contribution in [-0.4, -0.2) is 4.98 Å². The van der Waals surface area contributed by atoms with E-state index in [0.29, 0.717) is 16.5 Å². The summed E-state index contributed by atoms with van der Waals surface area (Å²) in [5.41, 5.74) is 4.33. The molecule has 4 rings (SSSR count). The van der Waals surface area contributed by atoms with Crippen molar-refractivity contribution in [3.8, 4) is 22.3 Å². The van der Waals surface area contributed by atoms with Crippen LogP contribution >= 0.6 is 0 Å². The molecule has 1 aromatic heterocycles. The van der Waals surface area contributed by atoms with Gasteiger partial charge in [-0.15, -0.1) is 0 Å². The molecule has 0 radical (unpaired) electrons. The number of aryl methyl sites for hydroxylation is 1. The lowest BCUT2D eigenvalue weighted by Gasteiger charge is -2.10. The van der Waals surface area contributed by atoms with Gasteiger partial charge in [0.2, 0.25) is 0 Å². The Kier molecular flexibility index (Phi) is 3.88. The van der Waals surface area contributed by atoms with Gasteiger partial charge in [0.25, 0.3) is 0 Å². The van der Waals surface area contributed by atoms with E-state index in [9.17, 15) is 13.6 Å². The zero-order valence-electron chi connectivity index (χ0n) is 14.0. The van der Waals surface area contributed by atoms with Crippen LogP contribution in [0.2, 0.25) is 0 Å². The Morgan fingerprint density at radius 1 is 0.769 bits per heavy atom. The molecule has 1 heterocycles. The van der Waals surface area contributed by atoms with E-state index < -0.39 is 5.82 Å². The van der Waals surface area contributed by atoms with Gasteiger partial charge in [-0.2, -0.15) is 0 Å². The van der Waals surface area contributed by atoms with E-state index in [4.69, 9.17) is 0 Å². The van der Waals surface area contributed by atoms with Crippen LogP contribution in [-0.2, 0) is 0 Å². The Morgan fingerprint density at radius 2 is 1.46 bits per heavy atom. The zero-order valence-corrected chi connectivity index (χ0v) is 14.0. The summed E-state index contributed by atoms with van der Waals surface area (Å²) in [7, 11) is 0. The molecule has 4 heteroatoms. The number of benzene rings is 3. The second-order valence-corrected chi connectivity index (χ2v) is 6.26. The highest BCUT2D eigenvalue weighted by Gasteiger charge is 2.11. The van der Waals surface area contributed by atoms with Crippen molar-refractivity contribution in [3.05, 3.63) is 94.3 Å². The summed E-state index contributed by atoms with van der Waals surface area (Å²) in [4.78, 5) is 15.9. The fourth-order valence-electron chi connectivity index (χ4n) is 3.13. The highest BCUT2D eigenvalue weighted by atomic mass is 19.1.